The minimum Gasteiger partial charge on any atom is -0.486 e. The molecule has 3 aromatic rings. The molecule has 3 heterocycles. The molecule has 1 aromatic carbocycles. The maximum Gasteiger partial charge on any atom is 0.332 e. The van der Waals surface area contributed by atoms with Gasteiger partial charge in [0.1, 0.15) is 24.6 Å². The van der Waals surface area contributed by atoms with Gasteiger partial charge in [0.05, 0.1) is 12.0 Å². The molecule has 0 fully saturated rings. The van der Waals surface area contributed by atoms with Crippen LogP contribution in [0.3, 0.4) is 0 Å². The molecule has 1 amide bonds. The first kappa shape index (κ1) is 19.8. The third kappa shape index (κ3) is 3.24. The smallest absolute Gasteiger partial charge is 0.332 e. The van der Waals surface area contributed by atoms with Crippen LogP contribution in [-0.4, -0.2) is 46.5 Å². The lowest BCUT2D eigenvalue weighted by atomic mass is 10.2. The number of nitrogens with one attached hydrogen (secondary N) is 1. The Morgan fingerprint density at radius 2 is 1.83 bits per heavy atom. The Kier molecular flexibility index (Phi) is 5.08. The molecular weight excluding hydrogens is 392 g/mol. The van der Waals surface area contributed by atoms with Crippen LogP contribution in [0.5, 0.6) is 11.5 Å². The van der Waals surface area contributed by atoms with Gasteiger partial charge in [0.15, 0.2) is 11.5 Å². The first-order valence-electron chi connectivity index (χ1n) is 9.41. The highest BCUT2D eigenvalue weighted by molar-refractivity contribution is 6.06. The normalized spacial score (nSPS) is 12.9. The molecule has 30 heavy (non-hydrogen) atoms. The lowest BCUT2D eigenvalue weighted by molar-refractivity contribution is 0.101. The maximum absolute atomic E-state index is 13.1. The van der Waals surface area contributed by atoms with Gasteiger partial charge in [-0.15, -0.1) is 0 Å². The zero-order chi connectivity index (χ0) is 21.4. The van der Waals surface area contributed by atoms with Gasteiger partial charge in [-0.1, -0.05) is 0 Å². The van der Waals surface area contributed by atoms with Crippen molar-refractivity contribution < 1.29 is 19.0 Å². The Balaban J connectivity index is 1.78. The summed E-state index contributed by atoms with van der Waals surface area (Å²) in [6.45, 7) is 1.51. The van der Waals surface area contributed by atoms with Crippen molar-refractivity contribution in [1.29, 1.82) is 0 Å². The van der Waals surface area contributed by atoms with Crippen molar-refractivity contribution in [3.8, 4) is 11.5 Å². The predicted molar refractivity (Wildman–Crippen MR) is 110 cm³/mol. The van der Waals surface area contributed by atoms with Crippen LogP contribution in [0, 0.1) is 0 Å². The monoisotopic (exact) mass is 414 g/mol. The third-order valence-electron chi connectivity index (χ3n) is 5.05. The SMILES string of the molecule is COCCn1c(C(=O)Nc2ccc3c(c2)OCCO3)cc2c(=O)n(C)c(=O)n(C)c21. The molecule has 10 heteroatoms. The first-order chi connectivity index (χ1) is 14.4. The summed E-state index contributed by atoms with van der Waals surface area (Å²) < 4.78 is 20.2. The molecule has 0 bridgehead atoms. The number of benzene rings is 1. The second-order valence-electron chi connectivity index (χ2n) is 6.93. The van der Waals surface area contributed by atoms with Gasteiger partial charge in [0.25, 0.3) is 11.5 Å². The van der Waals surface area contributed by atoms with E-state index in [9.17, 15) is 14.4 Å². The quantitative estimate of drug-likeness (QED) is 0.659. The number of nitrogens with zero attached hydrogens (tertiary/aromatic N) is 3. The molecule has 1 aliphatic heterocycles. The standard InChI is InChI=1S/C20H22N4O6/c1-22-18-13(19(26)23(2)20(22)27)11-14(24(18)6-7-28-3)17(25)21-12-4-5-15-16(10-12)30-9-8-29-15/h4-5,10-11H,6-9H2,1-3H3,(H,21,25). The number of aromatic nitrogens is 3. The molecule has 0 saturated heterocycles. The Labute approximate surface area is 171 Å². The Morgan fingerprint density at radius 3 is 2.57 bits per heavy atom. The number of carbonyl (C=O) groups is 1. The zero-order valence-electron chi connectivity index (χ0n) is 16.9. The number of fused-ring (bicyclic) bond motifs is 2. The van der Waals surface area contributed by atoms with Crippen LogP contribution in [0.2, 0.25) is 0 Å². The molecule has 4 rings (SSSR count). The van der Waals surface area contributed by atoms with E-state index in [1.54, 1.807) is 36.9 Å². The molecule has 0 spiro atoms. The second kappa shape index (κ2) is 7.71. The number of anilines is 1. The molecule has 2 aromatic heterocycles. The van der Waals surface area contributed by atoms with E-state index in [2.05, 4.69) is 5.32 Å². The van der Waals surface area contributed by atoms with Crippen molar-refractivity contribution in [3.05, 3.63) is 50.8 Å². The predicted octanol–water partition coefficient (Wildman–Crippen LogP) is 0.709. The minimum atomic E-state index is -0.469. The summed E-state index contributed by atoms with van der Waals surface area (Å²) in [5.41, 5.74) is 0.206. The van der Waals surface area contributed by atoms with Crippen LogP contribution >= 0.6 is 0 Å². The second-order valence-corrected chi connectivity index (χ2v) is 6.93. The number of hydrogen-bond donors (Lipinski definition) is 1. The van der Waals surface area contributed by atoms with Crippen LogP contribution in [0.15, 0.2) is 33.9 Å². The van der Waals surface area contributed by atoms with Gasteiger partial charge in [-0.3, -0.25) is 18.7 Å². The van der Waals surface area contributed by atoms with Gasteiger partial charge in [-0.05, 0) is 18.2 Å². The van der Waals surface area contributed by atoms with E-state index in [0.29, 0.717) is 49.2 Å². The largest absolute Gasteiger partial charge is 0.486 e. The number of rotatable bonds is 5. The Morgan fingerprint density at radius 1 is 1.10 bits per heavy atom. The van der Waals surface area contributed by atoms with Gasteiger partial charge in [0.2, 0.25) is 0 Å². The lowest BCUT2D eigenvalue weighted by Gasteiger charge is -2.19. The molecule has 0 atom stereocenters. The maximum atomic E-state index is 13.1. The van der Waals surface area contributed by atoms with Gasteiger partial charge in [-0.2, -0.15) is 0 Å². The van der Waals surface area contributed by atoms with Crippen molar-refractivity contribution in [2.24, 2.45) is 14.1 Å². The fourth-order valence-electron chi connectivity index (χ4n) is 3.55. The lowest BCUT2D eigenvalue weighted by Crippen LogP contribution is -2.37. The van der Waals surface area contributed by atoms with Gasteiger partial charge in [0, 0.05) is 39.5 Å². The highest BCUT2D eigenvalue weighted by Gasteiger charge is 2.22. The van der Waals surface area contributed by atoms with E-state index < -0.39 is 17.2 Å². The topological polar surface area (TPSA) is 106 Å². The number of ether oxygens (including phenoxy) is 3. The molecular formula is C20H22N4O6. The highest BCUT2D eigenvalue weighted by atomic mass is 16.6. The summed E-state index contributed by atoms with van der Waals surface area (Å²) in [6.07, 6.45) is 0. The number of hydrogen-bond acceptors (Lipinski definition) is 6. The van der Waals surface area contributed by atoms with E-state index in [1.807, 2.05) is 0 Å². The van der Waals surface area contributed by atoms with Crippen molar-refractivity contribution >= 4 is 22.6 Å². The van der Waals surface area contributed by atoms with Crippen molar-refractivity contribution in [1.82, 2.24) is 13.7 Å². The van der Waals surface area contributed by atoms with E-state index in [0.717, 1.165) is 4.57 Å². The fraction of sp³-hybridized carbons (Fsp3) is 0.350. The summed E-state index contributed by atoms with van der Waals surface area (Å²) >= 11 is 0. The van der Waals surface area contributed by atoms with Gasteiger partial charge in [-0.25, -0.2) is 4.79 Å². The number of amides is 1. The molecule has 0 radical (unpaired) electrons. The first-order valence-corrected chi connectivity index (χ1v) is 9.41. The van der Waals surface area contributed by atoms with Crippen LogP contribution in [-0.2, 0) is 25.4 Å². The van der Waals surface area contributed by atoms with Gasteiger partial charge < -0.3 is 24.1 Å². The number of carbonyl (C=O) groups excluding carboxylic acids is 1. The number of methoxy groups -OCH3 is 1. The minimum absolute atomic E-state index is 0.246. The molecule has 10 nitrogen and oxygen atoms in total. The summed E-state index contributed by atoms with van der Waals surface area (Å²) in [6, 6.07) is 6.62. The van der Waals surface area contributed by atoms with Crippen LogP contribution in [0.4, 0.5) is 5.69 Å². The van der Waals surface area contributed by atoms with E-state index in [4.69, 9.17) is 14.2 Å². The average molecular weight is 414 g/mol. The van der Waals surface area contributed by atoms with Crippen molar-refractivity contribution in [2.75, 3.05) is 32.2 Å². The number of aryl methyl sites for hydroxylation is 1. The Hall–Kier alpha value is -3.53. The molecule has 1 aliphatic rings. The molecule has 0 unspecified atom stereocenters. The summed E-state index contributed by atoms with van der Waals surface area (Å²) in [5, 5.41) is 3.10. The summed E-state index contributed by atoms with van der Waals surface area (Å²) in [5.74, 6) is 0.746. The van der Waals surface area contributed by atoms with Crippen LogP contribution in [0.1, 0.15) is 10.5 Å². The average Bonchev–Trinajstić information content (AvgIpc) is 3.14. The molecule has 0 aliphatic carbocycles. The molecule has 1 N–H and O–H groups in total. The van der Waals surface area contributed by atoms with Crippen LogP contribution in [0.25, 0.3) is 11.0 Å². The van der Waals surface area contributed by atoms with Gasteiger partial charge >= 0.3 is 5.69 Å². The van der Waals surface area contributed by atoms with Crippen molar-refractivity contribution in [3.63, 3.8) is 0 Å². The molecule has 158 valence electrons. The van der Waals surface area contributed by atoms with E-state index in [1.165, 1.54) is 17.7 Å². The zero-order valence-corrected chi connectivity index (χ0v) is 16.9. The van der Waals surface area contributed by atoms with E-state index >= 15 is 0 Å². The van der Waals surface area contributed by atoms with E-state index in [-0.39, 0.29) is 11.1 Å². The van der Waals surface area contributed by atoms with Crippen LogP contribution < -0.4 is 26.0 Å². The summed E-state index contributed by atoms with van der Waals surface area (Å²) in [4.78, 5) is 38.1. The third-order valence-corrected chi connectivity index (χ3v) is 5.05. The van der Waals surface area contributed by atoms with Crippen molar-refractivity contribution in [2.45, 2.75) is 6.54 Å². The highest BCUT2D eigenvalue weighted by Crippen LogP contribution is 2.32. The Bertz CT molecular complexity index is 1250. The molecule has 0 saturated carbocycles. The fourth-order valence-corrected chi connectivity index (χ4v) is 3.55. The summed E-state index contributed by atoms with van der Waals surface area (Å²) in [7, 11) is 4.51.